The van der Waals surface area contributed by atoms with Crippen molar-refractivity contribution in [2.45, 2.75) is 6.18 Å². The number of methoxy groups -OCH3 is 1. The smallest absolute Gasteiger partial charge is 0.416 e. The summed E-state index contributed by atoms with van der Waals surface area (Å²) in [6.45, 7) is 0.415. The molecule has 0 amide bonds. The normalized spacial score (nSPS) is 10.6. The Hall–Kier alpha value is -1.67. The van der Waals surface area contributed by atoms with Crippen LogP contribution in [0, 0.1) is 11.8 Å². The molecule has 0 aliphatic rings. The van der Waals surface area contributed by atoms with Crippen LogP contribution < -0.4 is 10.1 Å². The quantitative estimate of drug-likeness (QED) is 0.805. The lowest BCUT2D eigenvalue weighted by molar-refractivity contribution is -0.137. The lowest BCUT2D eigenvalue weighted by atomic mass is 10.1. The Bertz CT molecular complexity index is 443. The number of halogens is 3. The number of ether oxygens (including phenoxy) is 1. The summed E-state index contributed by atoms with van der Waals surface area (Å²) < 4.78 is 42.5. The molecular weight excluding hydrogens is 231 g/mol. The van der Waals surface area contributed by atoms with Gasteiger partial charge in [-0.3, -0.25) is 0 Å². The molecule has 0 aliphatic carbocycles. The summed E-state index contributed by atoms with van der Waals surface area (Å²) in [5.41, 5.74) is -0.475. The van der Waals surface area contributed by atoms with E-state index in [1.807, 2.05) is 0 Å². The van der Waals surface area contributed by atoms with Crippen molar-refractivity contribution in [3.8, 4) is 17.6 Å². The molecule has 17 heavy (non-hydrogen) atoms. The van der Waals surface area contributed by atoms with E-state index in [1.165, 1.54) is 13.2 Å². The predicted molar refractivity (Wildman–Crippen MR) is 58.8 cm³/mol. The van der Waals surface area contributed by atoms with Gasteiger partial charge in [-0.1, -0.05) is 11.8 Å². The maximum absolute atomic E-state index is 12.6. The molecule has 1 N–H and O–H groups in total. The van der Waals surface area contributed by atoms with Crippen LogP contribution in [0.3, 0.4) is 0 Å². The van der Waals surface area contributed by atoms with Gasteiger partial charge in [-0.15, -0.1) is 0 Å². The van der Waals surface area contributed by atoms with Crippen molar-refractivity contribution in [1.29, 1.82) is 0 Å². The maximum Gasteiger partial charge on any atom is 0.416 e. The molecule has 0 aliphatic heterocycles. The van der Waals surface area contributed by atoms with Crippen molar-refractivity contribution in [3.63, 3.8) is 0 Å². The van der Waals surface area contributed by atoms with Gasteiger partial charge in [0, 0.05) is 5.56 Å². The molecule has 1 rings (SSSR count). The Balaban J connectivity index is 3.11. The molecule has 2 nitrogen and oxygen atoms in total. The first kappa shape index (κ1) is 13.4. The molecule has 0 radical (unpaired) electrons. The van der Waals surface area contributed by atoms with Gasteiger partial charge >= 0.3 is 6.18 Å². The Morgan fingerprint density at radius 1 is 1.29 bits per heavy atom. The van der Waals surface area contributed by atoms with Crippen LogP contribution in [0.5, 0.6) is 5.75 Å². The SMILES string of the molecule is CNCC#Cc1cc(OC)cc(C(F)(F)F)c1. The summed E-state index contributed by atoms with van der Waals surface area (Å²) >= 11 is 0. The number of benzene rings is 1. The Labute approximate surface area is 97.8 Å². The second-order valence-electron chi connectivity index (χ2n) is 3.28. The van der Waals surface area contributed by atoms with Crippen LogP contribution in [0.25, 0.3) is 0 Å². The van der Waals surface area contributed by atoms with E-state index in [2.05, 4.69) is 17.2 Å². The van der Waals surface area contributed by atoms with Crippen LogP contribution in [0.2, 0.25) is 0 Å². The molecule has 0 saturated heterocycles. The molecule has 5 heteroatoms. The topological polar surface area (TPSA) is 21.3 Å². The van der Waals surface area contributed by atoms with Crippen LogP contribution in [-0.2, 0) is 6.18 Å². The minimum atomic E-state index is -4.39. The zero-order chi connectivity index (χ0) is 12.9. The highest BCUT2D eigenvalue weighted by Crippen LogP contribution is 2.32. The van der Waals surface area contributed by atoms with E-state index in [-0.39, 0.29) is 11.3 Å². The van der Waals surface area contributed by atoms with Gasteiger partial charge in [0.1, 0.15) is 5.75 Å². The van der Waals surface area contributed by atoms with E-state index in [1.54, 1.807) is 7.05 Å². The Morgan fingerprint density at radius 3 is 2.53 bits per heavy atom. The minimum Gasteiger partial charge on any atom is -0.497 e. The molecule has 1 aromatic carbocycles. The zero-order valence-electron chi connectivity index (χ0n) is 9.48. The number of nitrogens with one attached hydrogen (secondary N) is 1. The van der Waals surface area contributed by atoms with E-state index < -0.39 is 11.7 Å². The molecule has 0 aromatic heterocycles. The van der Waals surface area contributed by atoms with Crippen LogP contribution in [0.1, 0.15) is 11.1 Å². The fourth-order valence-electron chi connectivity index (χ4n) is 1.19. The fraction of sp³-hybridized carbons (Fsp3) is 0.333. The molecule has 0 unspecified atom stereocenters. The first-order valence-corrected chi connectivity index (χ1v) is 4.87. The summed E-state index contributed by atoms with van der Waals surface area (Å²) in [7, 11) is 3.03. The van der Waals surface area contributed by atoms with Crippen molar-refractivity contribution < 1.29 is 17.9 Å². The molecule has 0 fully saturated rings. The largest absolute Gasteiger partial charge is 0.497 e. The molecular formula is C12H12F3NO. The molecule has 0 saturated carbocycles. The van der Waals surface area contributed by atoms with E-state index >= 15 is 0 Å². The van der Waals surface area contributed by atoms with E-state index in [0.717, 1.165) is 12.1 Å². The first-order chi connectivity index (χ1) is 7.97. The maximum atomic E-state index is 12.6. The predicted octanol–water partition coefficient (Wildman–Crippen LogP) is 2.28. The van der Waals surface area contributed by atoms with Gasteiger partial charge in [-0.2, -0.15) is 13.2 Å². The second-order valence-corrected chi connectivity index (χ2v) is 3.28. The lowest BCUT2D eigenvalue weighted by Crippen LogP contribution is -2.06. The third-order valence-electron chi connectivity index (χ3n) is 1.97. The monoisotopic (exact) mass is 243 g/mol. The average Bonchev–Trinajstić information content (AvgIpc) is 2.28. The van der Waals surface area contributed by atoms with Gasteiger partial charge in [0.25, 0.3) is 0 Å². The molecule has 0 bridgehead atoms. The van der Waals surface area contributed by atoms with Gasteiger partial charge in [-0.25, -0.2) is 0 Å². The summed E-state index contributed by atoms with van der Waals surface area (Å²) in [5, 5.41) is 2.78. The average molecular weight is 243 g/mol. The van der Waals surface area contributed by atoms with Crippen molar-refractivity contribution >= 4 is 0 Å². The summed E-state index contributed by atoms with van der Waals surface area (Å²) in [4.78, 5) is 0. The lowest BCUT2D eigenvalue weighted by Gasteiger charge is -2.09. The molecule has 0 heterocycles. The second kappa shape index (κ2) is 5.60. The van der Waals surface area contributed by atoms with Crippen molar-refractivity contribution in [1.82, 2.24) is 5.32 Å². The van der Waals surface area contributed by atoms with E-state index in [0.29, 0.717) is 6.54 Å². The van der Waals surface area contributed by atoms with Gasteiger partial charge in [0.15, 0.2) is 0 Å². The molecule has 1 aromatic rings. The van der Waals surface area contributed by atoms with Gasteiger partial charge in [0.05, 0.1) is 19.2 Å². The molecule has 0 atom stereocenters. The van der Waals surface area contributed by atoms with Gasteiger partial charge in [-0.05, 0) is 25.2 Å². The highest BCUT2D eigenvalue weighted by Gasteiger charge is 2.31. The van der Waals surface area contributed by atoms with E-state index in [4.69, 9.17) is 4.74 Å². The molecule has 92 valence electrons. The molecule has 0 spiro atoms. The van der Waals surface area contributed by atoms with Crippen molar-refractivity contribution in [3.05, 3.63) is 29.3 Å². The van der Waals surface area contributed by atoms with Crippen molar-refractivity contribution in [2.24, 2.45) is 0 Å². The summed E-state index contributed by atoms with van der Waals surface area (Å²) in [6, 6.07) is 3.42. The van der Waals surface area contributed by atoms with Crippen LogP contribution >= 0.6 is 0 Å². The standard InChI is InChI=1S/C12H12F3NO/c1-16-5-3-4-9-6-10(12(13,14)15)8-11(7-9)17-2/h6-8,16H,5H2,1-2H3. The van der Waals surface area contributed by atoms with Crippen LogP contribution in [-0.4, -0.2) is 20.7 Å². The highest BCUT2D eigenvalue weighted by molar-refractivity contribution is 5.44. The number of hydrogen-bond acceptors (Lipinski definition) is 2. The van der Waals surface area contributed by atoms with Gasteiger partial charge in [0.2, 0.25) is 0 Å². The first-order valence-electron chi connectivity index (χ1n) is 4.87. The third-order valence-corrected chi connectivity index (χ3v) is 1.97. The fourth-order valence-corrected chi connectivity index (χ4v) is 1.19. The van der Waals surface area contributed by atoms with E-state index in [9.17, 15) is 13.2 Å². The summed E-state index contributed by atoms with van der Waals surface area (Å²) in [6.07, 6.45) is -4.39. The van der Waals surface area contributed by atoms with Crippen LogP contribution in [0.15, 0.2) is 18.2 Å². The zero-order valence-corrected chi connectivity index (χ0v) is 9.48. The van der Waals surface area contributed by atoms with Crippen molar-refractivity contribution in [2.75, 3.05) is 20.7 Å². The number of hydrogen-bond donors (Lipinski definition) is 1. The van der Waals surface area contributed by atoms with Crippen LogP contribution in [0.4, 0.5) is 13.2 Å². The number of rotatable bonds is 2. The highest BCUT2D eigenvalue weighted by atomic mass is 19.4. The third kappa shape index (κ3) is 4.00. The minimum absolute atomic E-state index is 0.147. The number of alkyl halides is 3. The Morgan fingerprint density at radius 2 is 2.00 bits per heavy atom. The van der Waals surface area contributed by atoms with Gasteiger partial charge < -0.3 is 10.1 Å². The summed E-state index contributed by atoms with van der Waals surface area (Å²) in [5.74, 6) is 5.48. The Kier molecular flexibility index (Phi) is 4.41.